The molecule has 62 valence electrons. The highest BCUT2D eigenvalue weighted by Crippen LogP contribution is 2.49. The molecular weight excluding hydrogens is 190 g/mol. The van der Waals surface area contributed by atoms with Gasteiger partial charge in [-0.25, -0.2) is 0 Å². The van der Waals surface area contributed by atoms with Crippen LogP contribution in [0.1, 0.15) is 0 Å². The summed E-state index contributed by atoms with van der Waals surface area (Å²) >= 11 is 2.03. The summed E-state index contributed by atoms with van der Waals surface area (Å²) in [4.78, 5) is 10.8. The molecule has 0 fully saturated rings. The van der Waals surface area contributed by atoms with Crippen molar-refractivity contribution >= 4 is 29.3 Å². The third-order valence-electron chi connectivity index (χ3n) is 1.39. The van der Waals surface area contributed by atoms with Crippen LogP contribution < -0.4 is 0 Å². The summed E-state index contributed by atoms with van der Waals surface area (Å²) in [5.41, 5.74) is 0. The first-order valence-electron chi connectivity index (χ1n) is 2.81. The van der Waals surface area contributed by atoms with Crippen LogP contribution in [0.4, 0.5) is 8.78 Å². The molecule has 0 heterocycles. The number of ketones is 1. The maximum absolute atomic E-state index is 12.6. The van der Waals surface area contributed by atoms with Gasteiger partial charge in [-0.15, -0.1) is 23.5 Å². The van der Waals surface area contributed by atoms with E-state index >= 15 is 0 Å². The molecule has 0 saturated carbocycles. The van der Waals surface area contributed by atoms with Crippen LogP contribution in [-0.4, -0.2) is 24.2 Å². The zero-order valence-corrected chi connectivity index (χ0v) is 7.61. The van der Waals surface area contributed by atoms with E-state index in [1.54, 1.807) is 12.5 Å². The Hall–Kier alpha value is -0.0300. The van der Waals surface area contributed by atoms with Crippen molar-refractivity contribution in [3.63, 3.8) is 0 Å². The van der Waals surface area contributed by atoms with Crippen LogP contribution in [0.15, 0.2) is 9.81 Å². The van der Waals surface area contributed by atoms with Gasteiger partial charge in [-0.3, -0.25) is 4.79 Å². The Kier molecular flexibility index (Phi) is 2.29. The molecule has 0 saturated heterocycles. The van der Waals surface area contributed by atoms with Crippen LogP contribution >= 0.6 is 23.5 Å². The maximum Gasteiger partial charge on any atom is 0.342 e. The largest absolute Gasteiger partial charge is 0.342 e. The van der Waals surface area contributed by atoms with Crippen molar-refractivity contribution in [2.24, 2.45) is 0 Å². The van der Waals surface area contributed by atoms with E-state index < -0.39 is 11.7 Å². The lowest BCUT2D eigenvalue weighted by molar-refractivity contribution is -0.136. The molecule has 0 spiro atoms. The minimum Gasteiger partial charge on any atom is -0.286 e. The number of carbonyl (C=O) groups is 1. The van der Waals surface area contributed by atoms with Gasteiger partial charge in [0.05, 0.1) is 9.81 Å². The molecule has 0 aliphatic heterocycles. The molecule has 0 N–H and O–H groups in total. The van der Waals surface area contributed by atoms with Crippen LogP contribution in [0, 0.1) is 0 Å². The first-order chi connectivity index (χ1) is 5.05. The van der Waals surface area contributed by atoms with Gasteiger partial charge in [0.1, 0.15) is 0 Å². The van der Waals surface area contributed by atoms with Crippen molar-refractivity contribution < 1.29 is 13.6 Å². The highest BCUT2D eigenvalue weighted by molar-refractivity contribution is 8.07. The molecule has 1 aliphatic carbocycles. The third-order valence-corrected chi connectivity index (χ3v) is 3.19. The standard InChI is InChI=1S/C6H6F2OS2/c1-10-3-4(9)6(7,8)5(3)11-2/h1-2H3. The Morgan fingerprint density at radius 1 is 1.27 bits per heavy atom. The number of alkyl halides is 2. The average Bonchev–Trinajstić information content (AvgIpc) is 1.98. The Balaban J connectivity index is 3.00. The average molecular weight is 196 g/mol. The van der Waals surface area contributed by atoms with E-state index in [4.69, 9.17) is 0 Å². The quantitative estimate of drug-likeness (QED) is 0.673. The van der Waals surface area contributed by atoms with E-state index in [9.17, 15) is 13.6 Å². The minimum atomic E-state index is -3.20. The minimum absolute atomic E-state index is 0.0880. The summed E-state index contributed by atoms with van der Waals surface area (Å²) in [6.07, 6.45) is 3.17. The van der Waals surface area contributed by atoms with Crippen molar-refractivity contribution in [3.05, 3.63) is 9.81 Å². The third kappa shape index (κ3) is 1.10. The molecule has 11 heavy (non-hydrogen) atoms. The van der Waals surface area contributed by atoms with E-state index in [2.05, 4.69) is 0 Å². The van der Waals surface area contributed by atoms with E-state index in [0.29, 0.717) is 0 Å². The summed E-state index contributed by atoms with van der Waals surface area (Å²) in [6.45, 7) is 0. The van der Waals surface area contributed by atoms with Gasteiger partial charge in [-0.2, -0.15) is 8.78 Å². The number of carbonyl (C=O) groups excluding carboxylic acids is 1. The molecule has 0 radical (unpaired) electrons. The second kappa shape index (κ2) is 2.79. The van der Waals surface area contributed by atoms with Gasteiger partial charge >= 0.3 is 5.92 Å². The summed E-state index contributed by atoms with van der Waals surface area (Å²) in [5, 5.41) is 0. The van der Waals surface area contributed by atoms with E-state index in [1.165, 1.54) is 0 Å². The number of rotatable bonds is 2. The second-order valence-electron chi connectivity index (χ2n) is 1.97. The SMILES string of the molecule is CSC1=C(SC)C(F)(F)C1=O. The number of hydrogen-bond acceptors (Lipinski definition) is 3. The van der Waals surface area contributed by atoms with E-state index in [1.807, 2.05) is 0 Å². The number of halogens is 2. The lowest BCUT2D eigenvalue weighted by Gasteiger charge is -2.28. The van der Waals surface area contributed by atoms with Crippen molar-refractivity contribution in [1.29, 1.82) is 0 Å². The Bertz CT molecular complexity index is 235. The highest BCUT2D eigenvalue weighted by atomic mass is 32.2. The fourth-order valence-corrected chi connectivity index (χ4v) is 2.59. The number of allylic oxidation sites excluding steroid dienone is 2. The highest BCUT2D eigenvalue weighted by Gasteiger charge is 2.55. The number of hydrogen-bond donors (Lipinski definition) is 0. The predicted molar refractivity (Wildman–Crippen MR) is 44.0 cm³/mol. The van der Waals surface area contributed by atoms with E-state index in [0.717, 1.165) is 23.5 Å². The van der Waals surface area contributed by atoms with Crippen LogP contribution in [0.2, 0.25) is 0 Å². The molecule has 1 nitrogen and oxygen atoms in total. The smallest absolute Gasteiger partial charge is 0.286 e. The molecule has 1 aliphatic rings. The van der Waals surface area contributed by atoms with Crippen molar-refractivity contribution in [1.82, 2.24) is 0 Å². The topological polar surface area (TPSA) is 17.1 Å². The molecule has 1 rings (SSSR count). The molecule has 0 amide bonds. The van der Waals surface area contributed by atoms with Crippen LogP contribution in [0.5, 0.6) is 0 Å². The number of Topliss-reactive ketones (excluding diaryl/α,β-unsaturated/α-hetero) is 1. The van der Waals surface area contributed by atoms with Gasteiger partial charge in [0.2, 0.25) is 5.78 Å². The molecular formula is C6H6F2OS2. The lowest BCUT2D eigenvalue weighted by atomic mass is 10.0. The molecule has 0 bridgehead atoms. The van der Waals surface area contributed by atoms with Gasteiger partial charge in [0, 0.05) is 0 Å². The molecule has 0 atom stereocenters. The predicted octanol–water partition coefficient (Wildman–Crippen LogP) is 2.14. The van der Waals surface area contributed by atoms with Crippen LogP contribution in [0.25, 0.3) is 0 Å². The molecule has 0 aromatic carbocycles. The summed E-state index contributed by atoms with van der Waals surface area (Å²) < 4.78 is 25.2. The van der Waals surface area contributed by atoms with Crippen molar-refractivity contribution in [3.8, 4) is 0 Å². The summed E-state index contributed by atoms with van der Waals surface area (Å²) in [5.74, 6) is -4.23. The monoisotopic (exact) mass is 196 g/mol. The van der Waals surface area contributed by atoms with Gasteiger partial charge in [0.25, 0.3) is 0 Å². The Morgan fingerprint density at radius 2 is 1.82 bits per heavy atom. The fourth-order valence-electron chi connectivity index (χ4n) is 0.835. The Morgan fingerprint density at radius 3 is 2.09 bits per heavy atom. The van der Waals surface area contributed by atoms with Crippen LogP contribution in [0.3, 0.4) is 0 Å². The first kappa shape index (κ1) is 9.06. The van der Waals surface area contributed by atoms with Gasteiger partial charge in [-0.05, 0) is 12.5 Å². The zero-order chi connectivity index (χ0) is 8.65. The molecule has 0 aromatic rings. The molecule has 0 unspecified atom stereocenters. The van der Waals surface area contributed by atoms with Crippen molar-refractivity contribution in [2.75, 3.05) is 12.5 Å². The maximum atomic E-state index is 12.6. The summed E-state index contributed by atoms with van der Waals surface area (Å²) in [6, 6.07) is 0. The fraction of sp³-hybridized carbons (Fsp3) is 0.500. The number of thioether (sulfide) groups is 2. The van der Waals surface area contributed by atoms with Gasteiger partial charge in [-0.1, -0.05) is 0 Å². The second-order valence-corrected chi connectivity index (χ2v) is 3.60. The zero-order valence-electron chi connectivity index (χ0n) is 5.98. The lowest BCUT2D eigenvalue weighted by Crippen LogP contribution is -2.40. The van der Waals surface area contributed by atoms with Gasteiger partial charge < -0.3 is 0 Å². The van der Waals surface area contributed by atoms with Crippen LogP contribution in [-0.2, 0) is 4.79 Å². The van der Waals surface area contributed by atoms with Crippen molar-refractivity contribution in [2.45, 2.75) is 5.92 Å². The Labute approximate surface area is 71.6 Å². The first-order valence-corrected chi connectivity index (χ1v) is 5.26. The molecule has 0 aromatic heterocycles. The van der Waals surface area contributed by atoms with Gasteiger partial charge in [0.15, 0.2) is 0 Å². The molecule has 5 heteroatoms. The normalized spacial score (nSPS) is 22.0. The summed E-state index contributed by atoms with van der Waals surface area (Å²) in [7, 11) is 0. The van der Waals surface area contributed by atoms with E-state index in [-0.39, 0.29) is 9.81 Å².